The van der Waals surface area contributed by atoms with Crippen LogP contribution in [-0.2, 0) is 6.42 Å². The number of aromatic nitrogens is 2. The number of nitrogens with one attached hydrogen (secondary N) is 1. The maximum Gasteiger partial charge on any atom is 0.261 e. The molecule has 1 atom stereocenters. The van der Waals surface area contributed by atoms with Gasteiger partial charge in [0.2, 0.25) is 0 Å². The first-order chi connectivity index (χ1) is 9.22. The predicted molar refractivity (Wildman–Crippen MR) is 70.8 cm³/mol. The monoisotopic (exact) mass is 261 g/mol. The van der Waals surface area contributed by atoms with E-state index in [0.29, 0.717) is 11.8 Å². The number of piperidine rings is 1. The van der Waals surface area contributed by atoms with Crippen molar-refractivity contribution in [3.8, 4) is 11.5 Å². The molecule has 102 valence electrons. The third-order valence-electron chi connectivity index (χ3n) is 3.61. The molecule has 19 heavy (non-hydrogen) atoms. The summed E-state index contributed by atoms with van der Waals surface area (Å²) >= 11 is 0. The van der Waals surface area contributed by atoms with E-state index in [0.717, 1.165) is 42.4 Å². The van der Waals surface area contributed by atoms with Crippen molar-refractivity contribution in [1.29, 1.82) is 0 Å². The van der Waals surface area contributed by atoms with E-state index >= 15 is 0 Å². The zero-order chi connectivity index (χ0) is 13.2. The second-order valence-corrected chi connectivity index (χ2v) is 5.26. The Balaban J connectivity index is 1.74. The fourth-order valence-corrected chi connectivity index (χ4v) is 2.65. The second-order valence-electron chi connectivity index (χ2n) is 5.26. The Morgan fingerprint density at radius 3 is 3.00 bits per heavy atom. The van der Waals surface area contributed by atoms with Crippen LogP contribution in [0.2, 0.25) is 0 Å². The molecule has 1 aliphatic rings. The largest absolute Gasteiger partial charge is 0.466 e. The third-order valence-corrected chi connectivity index (χ3v) is 3.61. The highest BCUT2D eigenvalue weighted by molar-refractivity contribution is 5.55. The number of nitrogens with zero attached hydrogens (tertiary/aromatic N) is 2. The first-order valence-corrected chi connectivity index (χ1v) is 6.83. The average molecular weight is 261 g/mol. The summed E-state index contributed by atoms with van der Waals surface area (Å²) in [6, 6.07) is 1.94. The normalized spacial score (nSPS) is 19.8. The molecular formula is C14H19N3O2. The van der Waals surface area contributed by atoms with E-state index in [1.54, 1.807) is 0 Å². The summed E-state index contributed by atoms with van der Waals surface area (Å²) in [5, 5.41) is 7.49. The van der Waals surface area contributed by atoms with Crippen molar-refractivity contribution in [2.45, 2.75) is 33.1 Å². The number of aryl methyl sites for hydroxylation is 2. The summed E-state index contributed by atoms with van der Waals surface area (Å²) in [6.07, 6.45) is 3.35. The van der Waals surface area contributed by atoms with Crippen molar-refractivity contribution in [2.75, 3.05) is 13.1 Å². The SMILES string of the molecule is Cc1cc(-c2nc(CC3CCCNC3)no2)c(C)o1. The van der Waals surface area contributed by atoms with E-state index in [1.807, 2.05) is 19.9 Å². The number of hydrogen-bond donors (Lipinski definition) is 1. The van der Waals surface area contributed by atoms with Gasteiger partial charge in [0.25, 0.3) is 5.89 Å². The van der Waals surface area contributed by atoms with Gasteiger partial charge in [-0.2, -0.15) is 4.98 Å². The molecule has 5 nitrogen and oxygen atoms in total. The third kappa shape index (κ3) is 2.71. The molecule has 0 saturated carbocycles. The Labute approximate surface area is 112 Å². The zero-order valence-electron chi connectivity index (χ0n) is 11.4. The van der Waals surface area contributed by atoms with Crippen LogP contribution in [0, 0.1) is 19.8 Å². The van der Waals surface area contributed by atoms with Crippen molar-refractivity contribution in [3.63, 3.8) is 0 Å². The zero-order valence-corrected chi connectivity index (χ0v) is 11.4. The van der Waals surface area contributed by atoms with Crippen LogP contribution >= 0.6 is 0 Å². The number of furan rings is 1. The second kappa shape index (κ2) is 5.17. The van der Waals surface area contributed by atoms with E-state index in [-0.39, 0.29) is 0 Å². The van der Waals surface area contributed by atoms with Gasteiger partial charge >= 0.3 is 0 Å². The lowest BCUT2D eigenvalue weighted by molar-refractivity contribution is 0.359. The standard InChI is InChI=1S/C14H19N3O2/c1-9-6-12(10(2)18-9)14-16-13(17-19-14)7-11-4-3-5-15-8-11/h6,11,15H,3-5,7-8H2,1-2H3. The van der Waals surface area contributed by atoms with E-state index in [1.165, 1.54) is 12.8 Å². The molecule has 0 spiro atoms. The summed E-state index contributed by atoms with van der Waals surface area (Å²) in [4.78, 5) is 4.48. The molecule has 1 N–H and O–H groups in total. The van der Waals surface area contributed by atoms with Crippen molar-refractivity contribution >= 4 is 0 Å². The molecule has 0 radical (unpaired) electrons. The molecule has 1 saturated heterocycles. The highest BCUT2D eigenvalue weighted by atomic mass is 16.5. The van der Waals surface area contributed by atoms with Crippen LogP contribution in [0.4, 0.5) is 0 Å². The molecule has 2 aromatic heterocycles. The molecule has 1 unspecified atom stereocenters. The van der Waals surface area contributed by atoms with Gasteiger partial charge in [-0.1, -0.05) is 5.16 Å². The van der Waals surface area contributed by atoms with E-state index in [9.17, 15) is 0 Å². The Bertz CT molecular complexity index is 553. The summed E-state index contributed by atoms with van der Waals surface area (Å²) in [5.74, 6) is 3.66. The Hall–Kier alpha value is -1.62. The highest BCUT2D eigenvalue weighted by Crippen LogP contribution is 2.25. The molecule has 0 aliphatic carbocycles. The Morgan fingerprint density at radius 2 is 2.32 bits per heavy atom. The number of rotatable bonds is 3. The lowest BCUT2D eigenvalue weighted by atomic mass is 9.96. The van der Waals surface area contributed by atoms with Gasteiger partial charge in [0.05, 0.1) is 5.56 Å². The van der Waals surface area contributed by atoms with E-state index in [2.05, 4.69) is 15.5 Å². The molecule has 3 heterocycles. The van der Waals surface area contributed by atoms with Crippen molar-refractivity contribution in [1.82, 2.24) is 15.5 Å². The maximum absolute atomic E-state index is 5.49. The number of hydrogen-bond acceptors (Lipinski definition) is 5. The van der Waals surface area contributed by atoms with Gasteiger partial charge < -0.3 is 14.3 Å². The van der Waals surface area contributed by atoms with Crippen LogP contribution in [0.15, 0.2) is 15.0 Å². The van der Waals surface area contributed by atoms with Crippen LogP contribution < -0.4 is 5.32 Å². The Morgan fingerprint density at radius 1 is 1.42 bits per heavy atom. The van der Waals surface area contributed by atoms with Crippen LogP contribution in [0.3, 0.4) is 0 Å². The molecule has 0 bridgehead atoms. The van der Waals surface area contributed by atoms with Gasteiger partial charge in [-0.05, 0) is 51.8 Å². The van der Waals surface area contributed by atoms with Gasteiger partial charge in [0, 0.05) is 6.42 Å². The predicted octanol–water partition coefficient (Wildman–Crippen LogP) is 2.49. The maximum atomic E-state index is 5.49. The van der Waals surface area contributed by atoms with Gasteiger partial charge in [-0.25, -0.2) is 0 Å². The van der Waals surface area contributed by atoms with Crippen LogP contribution in [0.5, 0.6) is 0 Å². The van der Waals surface area contributed by atoms with Gasteiger partial charge in [0.15, 0.2) is 5.82 Å². The summed E-state index contributed by atoms with van der Waals surface area (Å²) in [6.45, 7) is 6.01. The molecule has 0 aromatic carbocycles. The van der Waals surface area contributed by atoms with Crippen LogP contribution in [0.1, 0.15) is 30.2 Å². The molecular weight excluding hydrogens is 242 g/mol. The molecule has 1 fully saturated rings. The van der Waals surface area contributed by atoms with E-state index in [4.69, 9.17) is 8.94 Å². The smallest absolute Gasteiger partial charge is 0.261 e. The minimum atomic E-state index is 0.563. The summed E-state index contributed by atoms with van der Waals surface area (Å²) < 4.78 is 10.8. The van der Waals surface area contributed by atoms with Crippen LogP contribution in [0.25, 0.3) is 11.5 Å². The summed E-state index contributed by atoms with van der Waals surface area (Å²) in [5.41, 5.74) is 0.901. The molecule has 1 aliphatic heterocycles. The minimum absolute atomic E-state index is 0.563. The molecule has 0 amide bonds. The van der Waals surface area contributed by atoms with E-state index < -0.39 is 0 Å². The topological polar surface area (TPSA) is 64.1 Å². The van der Waals surface area contributed by atoms with Crippen molar-refractivity contribution in [3.05, 3.63) is 23.4 Å². The lowest BCUT2D eigenvalue weighted by Crippen LogP contribution is -2.31. The average Bonchev–Trinajstić information content (AvgIpc) is 2.97. The van der Waals surface area contributed by atoms with Crippen LogP contribution in [-0.4, -0.2) is 23.2 Å². The van der Waals surface area contributed by atoms with Crippen molar-refractivity contribution < 1.29 is 8.94 Å². The quantitative estimate of drug-likeness (QED) is 0.919. The first-order valence-electron chi connectivity index (χ1n) is 6.83. The van der Waals surface area contributed by atoms with Gasteiger partial charge in [-0.3, -0.25) is 0 Å². The molecule has 5 heteroatoms. The van der Waals surface area contributed by atoms with Gasteiger partial charge in [-0.15, -0.1) is 0 Å². The van der Waals surface area contributed by atoms with Gasteiger partial charge in [0.1, 0.15) is 11.5 Å². The Kier molecular flexibility index (Phi) is 3.38. The fraction of sp³-hybridized carbons (Fsp3) is 0.571. The highest BCUT2D eigenvalue weighted by Gasteiger charge is 2.19. The summed E-state index contributed by atoms with van der Waals surface area (Å²) in [7, 11) is 0. The minimum Gasteiger partial charge on any atom is -0.466 e. The molecule has 2 aromatic rings. The van der Waals surface area contributed by atoms with Crippen molar-refractivity contribution in [2.24, 2.45) is 5.92 Å². The lowest BCUT2D eigenvalue weighted by Gasteiger charge is -2.20. The molecule has 3 rings (SSSR count). The fourth-order valence-electron chi connectivity index (χ4n) is 2.65. The first kappa shape index (κ1) is 12.4.